The summed E-state index contributed by atoms with van der Waals surface area (Å²) < 4.78 is 0. The topological polar surface area (TPSA) is 239 Å². The van der Waals surface area contributed by atoms with Crippen LogP contribution in [-0.4, -0.2) is 60.1 Å². The Labute approximate surface area is 185 Å². The normalized spacial score (nSPS) is 12.6. The standard InChI is InChI=1S/C19H20N8O6/c20-11(17(30)31)5-12(18(32)33)25-15(28)8-1-3-9(4-2-8)22-6-10-7-23-14-13(24-10)16(29)27-19(21)26-14/h1-4,7,11-12,22H,5-6,20H2,(H,25,28)(H,30,31)(H,32,33)(H3,21,23,26,27,29). The van der Waals surface area contributed by atoms with Crippen molar-refractivity contribution in [3.8, 4) is 0 Å². The molecule has 33 heavy (non-hydrogen) atoms. The van der Waals surface area contributed by atoms with Crippen LogP contribution >= 0.6 is 0 Å². The first-order valence-corrected chi connectivity index (χ1v) is 9.51. The molecule has 2 heterocycles. The zero-order valence-electron chi connectivity index (χ0n) is 17.0. The fourth-order valence-corrected chi connectivity index (χ4v) is 2.81. The van der Waals surface area contributed by atoms with Crippen molar-refractivity contribution in [2.75, 3.05) is 11.1 Å². The predicted octanol–water partition coefficient (Wildman–Crippen LogP) is -1.11. The van der Waals surface area contributed by atoms with Gasteiger partial charge in [0.05, 0.1) is 18.4 Å². The summed E-state index contributed by atoms with van der Waals surface area (Å²) in [7, 11) is 0. The minimum atomic E-state index is -1.46. The van der Waals surface area contributed by atoms with Crippen LogP contribution in [0.4, 0.5) is 11.6 Å². The van der Waals surface area contributed by atoms with E-state index in [-0.39, 0.29) is 29.2 Å². The van der Waals surface area contributed by atoms with E-state index in [1.54, 1.807) is 12.1 Å². The SMILES string of the molecule is Nc1nc2ncc(CNc3ccc(C(=O)NC(CC(N)C(=O)O)C(=O)O)cc3)nc2c(=O)[nH]1. The van der Waals surface area contributed by atoms with Crippen molar-refractivity contribution in [2.45, 2.75) is 25.0 Å². The summed E-state index contributed by atoms with van der Waals surface area (Å²) in [5.74, 6) is -3.52. The molecule has 9 N–H and O–H groups in total. The summed E-state index contributed by atoms with van der Waals surface area (Å²) in [5.41, 5.74) is 11.7. The highest BCUT2D eigenvalue weighted by Crippen LogP contribution is 2.12. The van der Waals surface area contributed by atoms with Crippen LogP contribution < -0.4 is 27.7 Å². The number of carbonyl (C=O) groups is 3. The molecule has 2 unspecified atom stereocenters. The molecule has 0 aliphatic carbocycles. The fraction of sp³-hybridized carbons (Fsp3) is 0.211. The van der Waals surface area contributed by atoms with Gasteiger partial charge in [0.2, 0.25) is 5.95 Å². The molecule has 1 amide bonds. The van der Waals surface area contributed by atoms with Gasteiger partial charge in [-0.25, -0.2) is 14.8 Å². The lowest BCUT2D eigenvalue weighted by molar-refractivity contribution is -0.141. The van der Waals surface area contributed by atoms with Crippen LogP contribution in [-0.2, 0) is 16.1 Å². The lowest BCUT2D eigenvalue weighted by atomic mass is 10.1. The van der Waals surface area contributed by atoms with Crippen molar-refractivity contribution in [2.24, 2.45) is 5.73 Å². The Hall–Kier alpha value is -4.59. The summed E-state index contributed by atoms with van der Waals surface area (Å²) >= 11 is 0. The highest BCUT2D eigenvalue weighted by Gasteiger charge is 2.26. The van der Waals surface area contributed by atoms with Crippen LogP contribution in [0.1, 0.15) is 22.5 Å². The third-order valence-corrected chi connectivity index (χ3v) is 4.52. The first-order valence-electron chi connectivity index (χ1n) is 9.51. The number of amides is 1. The number of aromatic amines is 1. The number of hydrogen-bond acceptors (Lipinski definition) is 10. The average Bonchev–Trinajstić information content (AvgIpc) is 2.77. The van der Waals surface area contributed by atoms with Crippen molar-refractivity contribution in [1.29, 1.82) is 0 Å². The van der Waals surface area contributed by atoms with Gasteiger partial charge in [-0.15, -0.1) is 0 Å². The quantitative estimate of drug-likeness (QED) is 0.203. The van der Waals surface area contributed by atoms with Crippen molar-refractivity contribution in [3.05, 3.63) is 52.1 Å². The van der Waals surface area contributed by atoms with E-state index in [0.717, 1.165) is 0 Å². The number of H-pyrrole nitrogens is 1. The van der Waals surface area contributed by atoms with Gasteiger partial charge in [-0.1, -0.05) is 0 Å². The third kappa shape index (κ3) is 5.76. The van der Waals surface area contributed by atoms with E-state index in [4.69, 9.17) is 16.6 Å². The number of hydrogen-bond donors (Lipinski definition) is 7. The van der Waals surface area contributed by atoms with E-state index >= 15 is 0 Å². The molecule has 0 radical (unpaired) electrons. The number of nitrogens with zero attached hydrogens (tertiary/aromatic N) is 3. The molecule has 0 aliphatic rings. The maximum atomic E-state index is 12.3. The van der Waals surface area contributed by atoms with Gasteiger partial charge in [0.15, 0.2) is 11.2 Å². The first kappa shape index (κ1) is 23.1. The van der Waals surface area contributed by atoms with Gasteiger partial charge in [-0.3, -0.25) is 19.4 Å². The maximum absolute atomic E-state index is 12.3. The van der Waals surface area contributed by atoms with Crippen LogP contribution in [0.15, 0.2) is 35.3 Å². The summed E-state index contributed by atoms with van der Waals surface area (Å²) in [6.07, 6.45) is 0.977. The number of carboxylic acids is 2. The average molecular weight is 456 g/mol. The largest absolute Gasteiger partial charge is 0.480 e. The Morgan fingerprint density at radius 3 is 2.42 bits per heavy atom. The first-order chi connectivity index (χ1) is 15.6. The molecule has 3 aromatic rings. The van der Waals surface area contributed by atoms with Crippen LogP contribution in [0.3, 0.4) is 0 Å². The molecule has 14 heteroatoms. The Morgan fingerprint density at radius 1 is 1.09 bits per heavy atom. The Bertz CT molecular complexity index is 1260. The number of benzene rings is 1. The lowest BCUT2D eigenvalue weighted by Crippen LogP contribution is -2.46. The number of aromatic nitrogens is 4. The number of fused-ring (bicyclic) bond motifs is 1. The molecule has 0 bridgehead atoms. The smallest absolute Gasteiger partial charge is 0.326 e. The second-order valence-corrected chi connectivity index (χ2v) is 6.96. The van der Waals surface area contributed by atoms with Crippen LogP contribution in [0, 0.1) is 0 Å². The molecule has 0 saturated heterocycles. The van der Waals surface area contributed by atoms with Gasteiger partial charge in [0.25, 0.3) is 11.5 Å². The molecule has 14 nitrogen and oxygen atoms in total. The maximum Gasteiger partial charge on any atom is 0.326 e. The second kappa shape index (κ2) is 9.69. The van der Waals surface area contributed by atoms with Gasteiger partial charge >= 0.3 is 11.9 Å². The van der Waals surface area contributed by atoms with E-state index in [2.05, 4.69) is 30.6 Å². The number of nitrogens with two attached hydrogens (primary N) is 2. The minimum absolute atomic E-state index is 0.0473. The number of rotatable bonds is 9. The molecular weight excluding hydrogens is 436 g/mol. The number of nitrogen functional groups attached to an aromatic ring is 1. The summed E-state index contributed by atoms with van der Waals surface area (Å²) in [6.45, 7) is 0.215. The second-order valence-electron chi connectivity index (χ2n) is 6.96. The van der Waals surface area contributed by atoms with E-state index in [1.807, 2.05) is 0 Å². The number of nitrogens with one attached hydrogen (secondary N) is 3. The predicted molar refractivity (Wildman–Crippen MR) is 115 cm³/mol. The van der Waals surface area contributed by atoms with Crippen LogP contribution in [0.2, 0.25) is 0 Å². The van der Waals surface area contributed by atoms with Crippen molar-refractivity contribution < 1.29 is 24.6 Å². The Morgan fingerprint density at radius 2 is 1.79 bits per heavy atom. The Kier molecular flexibility index (Phi) is 6.78. The monoisotopic (exact) mass is 456 g/mol. The van der Waals surface area contributed by atoms with Crippen LogP contribution in [0.5, 0.6) is 0 Å². The van der Waals surface area contributed by atoms with Gasteiger partial charge in [0, 0.05) is 17.7 Å². The van der Waals surface area contributed by atoms with Gasteiger partial charge in [0.1, 0.15) is 12.1 Å². The minimum Gasteiger partial charge on any atom is -0.480 e. The molecule has 0 aliphatic heterocycles. The van der Waals surface area contributed by atoms with Crippen molar-refractivity contribution >= 4 is 40.6 Å². The summed E-state index contributed by atoms with van der Waals surface area (Å²) in [4.78, 5) is 60.9. The molecule has 0 saturated carbocycles. The zero-order valence-corrected chi connectivity index (χ0v) is 17.0. The van der Waals surface area contributed by atoms with E-state index in [9.17, 15) is 24.3 Å². The fourth-order valence-electron chi connectivity index (χ4n) is 2.81. The van der Waals surface area contributed by atoms with Gasteiger partial charge in [-0.2, -0.15) is 4.98 Å². The van der Waals surface area contributed by atoms with Crippen molar-refractivity contribution in [1.82, 2.24) is 25.3 Å². The molecule has 0 spiro atoms. The summed E-state index contributed by atoms with van der Waals surface area (Å²) in [6, 6.07) is 3.18. The highest BCUT2D eigenvalue weighted by atomic mass is 16.4. The van der Waals surface area contributed by atoms with Crippen molar-refractivity contribution in [3.63, 3.8) is 0 Å². The van der Waals surface area contributed by atoms with Gasteiger partial charge < -0.3 is 32.3 Å². The highest BCUT2D eigenvalue weighted by molar-refractivity contribution is 5.97. The molecular formula is C19H20N8O6. The number of aliphatic carboxylic acids is 2. The summed E-state index contributed by atoms with van der Waals surface area (Å²) in [5, 5.41) is 23.3. The number of anilines is 2. The van der Waals surface area contributed by atoms with Gasteiger partial charge in [-0.05, 0) is 24.3 Å². The zero-order chi connectivity index (χ0) is 24.1. The third-order valence-electron chi connectivity index (χ3n) is 4.52. The molecule has 3 rings (SSSR count). The molecule has 172 valence electrons. The molecule has 1 aromatic carbocycles. The number of carbonyl (C=O) groups excluding carboxylic acids is 1. The number of carboxylic acid groups (broad SMARTS) is 2. The Balaban J connectivity index is 1.63. The lowest BCUT2D eigenvalue weighted by Gasteiger charge is -2.16. The van der Waals surface area contributed by atoms with E-state index in [0.29, 0.717) is 11.4 Å². The van der Waals surface area contributed by atoms with E-state index < -0.39 is 41.9 Å². The molecule has 2 atom stereocenters. The van der Waals surface area contributed by atoms with Crippen LogP contribution in [0.25, 0.3) is 11.2 Å². The molecule has 0 fully saturated rings. The molecule has 2 aromatic heterocycles. The van der Waals surface area contributed by atoms with E-state index in [1.165, 1.54) is 18.3 Å².